The molecule has 0 spiro atoms. The Morgan fingerprint density at radius 1 is 1.26 bits per heavy atom. The molecule has 7 heteroatoms. The summed E-state index contributed by atoms with van der Waals surface area (Å²) in [5.74, 6) is 1.09. The molecular formula is C16H20N2O4S. The number of methoxy groups -OCH3 is 1. The number of hydrogen-bond donors (Lipinski definition) is 0. The average Bonchev–Trinajstić information content (AvgIpc) is 3.15. The highest BCUT2D eigenvalue weighted by Gasteiger charge is 2.39. The first kappa shape index (κ1) is 16.0. The molecule has 1 aliphatic rings. The molecular weight excluding hydrogens is 316 g/mol. The molecule has 6 nitrogen and oxygen atoms in total. The number of rotatable bonds is 4. The molecule has 0 unspecified atom stereocenters. The van der Waals surface area contributed by atoms with E-state index in [4.69, 9.17) is 9.26 Å². The third kappa shape index (κ3) is 2.74. The van der Waals surface area contributed by atoms with Crippen molar-refractivity contribution in [2.45, 2.75) is 37.6 Å². The van der Waals surface area contributed by atoms with Gasteiger partial charge in [0, 0.05) is 6.54 Å². The minimum atomic E-state index is -3.62. The van der Waals surface area contributed by atoms with Gasteiger partial charge in [0.05, 0.1) is 13.2 Å². The third-order valence-corrected chi connectivity index (χ3v) is 6.39. The summed E-state index contributed by atoms with van der Waals surface area (Å²) in [6.07, 6.45) is 1.63. The quantitative estimate of drug-likeness (QED) is 0.858. The van der Waals surface area contributed by atoms with E-state index in [1.807, 2.05) is 24.3 Å². The van der Waals surface area contributed by atoms with Crippen molar-refractivity contribution in [1.29, 1.82) is 0 Å². The average molecular weight is 336 g/mol. The van der Waals surface area contributed by atoms with Gasteiger partial charge in [-0.15, -0.1) is 0 Å². The molecule has 1 aliphatic heterocycles. The standard InChI is InChI=1S/C16H20N2O4S/c1-11-16(12(2)22-17-11)23(19,20)18-10-4-5-15(18)13-6-8-14(21-3)9-7-13/h6-9,15H,4-5,10H2,1-3H3/t15-/m0/s1. The number of sulfonamides is 1. The first-order chi connectivity index (χ1) is 10.9. The van der Waals surface area contributed by atoms with Crippen LogP contribution in [0.2, 0.25) is 0 Å². The largest absolute Gasteiger partial charge is 0.497 e. The van der Waals surface area contributed by atoms with Gasteiger partial charge >= 0.3 is 0 Å². The Bertz CT molecular complexity index is 776. The van der Waals surface area contributed by atoms with Gasteiger partial charge < -0.3 is 9.26 Å². The van der Waals surface area contributed by atoms with Gasteiger partial charge in [0.15, 0.2) is 5.76 Å². The minimum Gasteiger partial charge on any atom is -0.497 e. The molecule has 0 aliphatic carbocycles. The second-order valence-corrected chi connectivity index (χ2v) is 7.53. The molecule has 0 saturated carbocycles. The van der Waals surface area contributed by atoms with Crippen molar-refractivity contribution in [3.63, 3.8) is 0 Å². The van der Waals surface area contributed by atoms with E-state index < -0.39 is 10.0 Å². The number of benzene rings is 1. The molecule has 1 aromatic carbocycles. The Balaban J connectivity index is 1.97. The fraction of sp³-hybridized carbons (Fsp3) is 0.438. The zero-order chi connectivity index (χ0) is 16.6. The van der Waals surface area contributed by atoms with Crippen LogP contribution < -0.4 is 4.74 Å². The normalized spacial score (nSPS) is 19.2. The summed E-state index contributed by atoms with van der Waals surface area (Å²) < 4.78 is 37.9. The Labute approximate surface area is 136 Å². The van der Waals surface area contributed by atoms with Crippen molar-refractivity contribution in [1.82, 2.24) is 9.46 Å². The van der Waals surface area contributed by atoms with Crippen LogP contribution in [0.1, 0.15) is 35.9 Å². The van der Waals surface area contributed by atoms with E-state index in [1.54, 1.807) is 25.3 Å². The van der Waals surface area contributed by atoms with Crippen LogP contribution in [0, 0.1) is 13.8 Å². The Hall–Kier alpha value is -1.86. The first-order valence-corrected chi connectivity index (χ1v) is 8.98. The molecule has 1 fully saturated rings. The molecule has 1 aromatic heterocycles. The molecule has 1 atom stereocenters. The van der Waals surface area contributed by atoms with Crippen LogP contribution in [0.5, 0.6) is 5.75 Å². The lowest BCUT2D eigenvalue weighted by Crippen LogP contribution is -2.31. The number of aromatic nitrogens is 1. The highest BCUT2D eigenvalue weighted by atomic mass is 32.2. The zero-order valence-corrected chi connectivity index (χ0v) is 14.3. The highest BCUT2D eigenvalue weighted by molar-refractivity contribution is 7.89. The van der Waals surface area contributed by atoms with E-state index in [0.717, 1.165) is 24.2 Å². The van der Waals surface area contributed by atoms with Crippen LogP contribution >= 0.6 is 0 Å². The van der Waals surface area contributed by atoms with Crippen molar-refractivity contribution in [2.75, 3.05) is 13.7 Å². The fourth-order valence-corrected chi connectivity index (χ4v) is 5.12. The molecule has 2 aromatic rings. The van der Waals surface area contributed by atoms with E-state index in [9.17, 15) is 8.42 Å². The van der Waals surface area contributed by atoms with Gasteiger partial charge in [0.2, 0.25) is 10.0 Å². The van der Waals surface area contributed by atoms with E-state index in [0.29, 0.717) is 18.0 Å². The number of aryl methyl sites for hydroxylation is 2. The molecule has 2 heterocycles. The molecule has 0 radical (unpaired) electrons. The smallest absolute Gasteiger partial charge is 0.249 e. The van der Waals surface area contributed by atoms with Gasteiger partial charge in [-0.05, 0) is 44.4 Å². The van der Waals surface area contributed by atoms with Crippen molar-refractivity contribution >= 4 is 10.0 Å². The van der Waals surface area contributed by atoms with Crippen LogP contribution in [0.15, 0.2) is 33.7 Å². The lowest BCUT2D eigenvalue weighted by atomic mass is 10.1. The highest BCUT2D eigenvalue weighted by Crippen LogP contribution is 2.38. The number of hydrogen-bond acceptors (Lipinski definition) is 5. The first-order valence-electron chi connectivity index (χ1n) is 7.54. The van der Waals surface area contributed by atoms with Crippen molar-refractivity contribution in [3.8, 4) is 5.75 Å². The molecule has 124 valence electrons. The monoisotopic (exact) mass is 336 g/mol. The topological polar surface area (TPSA) is 72.6 Å². The van der Waals surface area contributed by atoms with Gasteiger partial charge in [-0.1, -0.05) is 17.3 Å². The van der Waals surface area contributed by atoms with Crippen LogP contribution in [0.4, 0.5) is 0 Å². The molecule has 1 saturated heterocycles. The molecule has 3 rings (SSSR count). The SMILES string of the molecule is COc1ccc([C@@H]2CCCN2S(=O)(=O)c2c(C)noc2C)cc1. The second kappa shape index (κ2) is 5.98. The molecule has 0 amide bonds. The summed E-state index contributed by atoms with van der Waals surface area (Å²) in [4.78, 5) is 0.193. The summed E-state index contributed by atoms with van der Waals surface area (Å²) in [7, 11) is -2.01. The maximum atomic E-state index is 13.0. The lowest BCUT2D eigenvalue weighted by molar-refractivity contribution is 0.383. The minimum absolute atomic E-state index is 0.167. The summed E-state index contributed by atoms with van der Waals surface area (Å²) in [5, 5.41) is 3.78. The van der Waals surface area contributed by atoms with Gasteiger partial charge in [-0.3, -0.25) is 0 Å². The summed E-state index contributed by atoms with van der Waals surface area (Å²) in [5.41, 5.74) is 1.38. The molecule has 0 N–H and O–H groups in total. The van der Waals surface area contributed by atoms with E-state index in [-0.39, 0.29) is 10.9 Å². The van der Waals surface area contributed by atoms with Crippen LogP contribution in [-0.2, 0) is 10.0 Å². The number of nitrogens with zero attached hydrogens (tertiary/aromatic N) is 2. The van der Waals surface area contributed by atoms with Crippen LogP contribution in [0.3, 0.4) is 0 Å². The summed E-state index contributed by atoms with van der Waals surface area (Å²) in [6, 6.07) is 7.39. The second-order valence-electron chi connectivity index (χ2n) is 5.70. The lowest BCUT2D eigenvalue weighted by Gasteiger charge is -2.24. The molecule has 23 heavy (non-hydrogen) atoms. The molecule has 0 bridgehead atoms. The predicted molar refractivity (Wildman–Crippen MR) is 84.8 cm³/mol. The van der Waals surface area contributed by atoms with Crippen LogP contribution in [-0.4, -0.2) is 31.5 Å². The van der Waals surface area contributed by atoms with Crippen molar-refractivity contribution in [2.24, 2.45) is 0 Å². The van der Waals surface area contributed by atoms with Gasteiger partial charge in [-0.2, -0.15) is 4.31 Å². The van der Waals surface area contributed by atoms with E-state index in [1.165, 1.54) is 0 Å². The third-order valence-electron chi connectivity index (χ3n) is 4.24. The van der Waals surface area contributed by atoms with Gasteiger partial charge in [-0.25, -0.2) is 8.42 Å². The van der Waals surface area contributed by atoms with Crippen molar-refractivity contribution in [3.05, 3.63) is 41.3 Å². The Morgan fingerprint density at radius 3 is 2.52 bits per heavy atom. The van der Waals surface area contributed by atoms with Gasteiger partial charge in [0.25, 0.3) is 0 Å². The maximum absolute atomic E-state index is 13.0. The Morgan fingerprint density at radius 2 is 1.96 bits per heavy atom. The zero-order valence-electron chi connectivity index (χ0n) is 13.4. The predicted octanol–water partition coefficient (Wildman–Crippen LogP) is 2.83. The van der Waals surface area contributed by atoms with E-state index >= 15 is 0 Å². The van der Waals surface area contributed by atoms with E-state index in [2.05, 4.69) is 5.16 Å². The summed E-state index contributed by atoms with van der Waals surface area (Å²) in [6.45, 7) is 3.79. The summed E-state index contributed by atoms with van der Waals surface area (Å²) >= 11 is 0. The Kier molecular flexibility index (Phi) is 4.16. The van der Waals surface area contributed by atoms with Crippen LogP contribution in [0.25, 0.3) is 0 Å². The fourth-order valence-electron chi connectivity index (χ4n) is 3.15. The maximum Gasteiger partial charge on any atom is 0.249 e. The van der Waals surface area contributed by atoms with Crippen molar-refractivity contribution < 1.29 is 17.7 Å². The number of ether oxygens (including phenoxy) is 1. The van der Waals surface area contributed by atoms with Gasteiger partial charge in [0.1, 0.15) is 16.3 Å².